The van der Waals surface area contributed by atoms with Crippen molar-refractivity contribution in [2.24, 2.45) is 4.99 Å². The number of aromatic nitrogens is 2. The molecule has 0 N–H and O–H groups in total. The third-order valence-electron chi connectivity index (χ3n) is 5.02. The van der Waals surface area contributed by atoms with Crippen LogP contribution in [0.15, 0.2) is 53.9 Å². The Labute approximate surface area is 158 Å². The fourth-order valence-electron chi connectivity index (χ4n) is 3.59. The molecule has 0 radical (unpaired) electrons. The van der Waals surface area contributed by atoms with Crippen LogP contribution in [0, 0.1) is 5.82 Å². The van der Waals surface area contributed by atoms with Crippen molar-refractivity contribution < 1.29 is 4.39 Å². The van der Waals surface area contributed by atoms with Crippen LogP contribution in [0.5, 0.6) is 0 Å². The number of aliphatic imine (C=N–C) groups is 1. The van der Waals surface area contributed by atoms with Crippen molar-refractivity contribution in [3.63, 3.8) is 0 Å². The number of benzene rings is 1. The van der Waals surface area contributed by atoms with Crippen LogP contribution in [0.3, 0.4) is 0 Å². The van der Waals surface area contributed by atoms with Crippen molar-refractivity contribution >= 4 is 17.3 Å². The van der Waals surface area contributed by atoms with Gasteiger partial charge in [-0.3, -0.25) is 0 Å². The van der Waals surface area contributed by atoms with Crippen molar-refractivity contribution in [3.8, 4) is 0 Å². The molecule has 2 aromatic rings. The summed E-state index contributed by atoms with van der Waals surface area (Å²) in [4.78, 5) is 19.9. The number of rotatable bonds is 2. The van der Waals surface area contributed by atoms with E-state index in [4.69, 9.17) is 4.99 Å². The van der Waals surface area contributed by atoms with Crippen molar-refractivity contribution in [1.29, 1.82) is 0 Å². The molecule has 0 amide bonds. The van der Waals surface area contributed by atoms with Crippen molar-refractivity contribution in [2.45, 2.75) is 13.0 Å². The van der Waals surface area contributed by atoms with Gasteiger partial charge >= 0.3 is 0 Å². The Kier molecular flexibility index (Phi) is 4.75. The molecular formula is C20H23FN6. The lowest BCUT2D eigenvalue weighted by Crippen LogP contribution is -2.57. The second-order valence-corrected chi connectivity index (χ2v) is 6.94. The Morgan fingerprint density at radius 2 is 2.07 bits per heavy atom. The highest BCUT2D eigenvalue weighted by molar-refractivity contribution is 5.88. The average molecular weight is 366 g/mol. The Hall–Kier alpha value is -2.96. The second-order valence-electron chi connectivity index (χ2n) is 6.94. The maximum absolute atomic E-state index is 13.6. The fraction of sp³-hybridized carbons (Fsp3) is 0.350. The van der Waals surface area contributed by atoms with E-state index in [1.54, 1.807) is 24.7 Å². The van der Waals surface area contributed by atoms with Gasteiger partial charge in [-0.25, -0.2) is 19.4 Å². The molecule has 1 aromatic carbocycles. The van der Waals surface area contributed by atoms with E-state index in [-0.39, 0.29) is 11.9 Å². The van der Waals surface area contributed by atoms with E-state index in [0.717, 1.165) is 49.2 Å². The van der Waals surface area contributed by atoms with Gasteiger partial charge in [0.05, 0.1) is 11.4 Å². The minimum absolute atomic E-state index is 0.196. The fourth-order valence-corrected chi connectivity index (χ4v) is 3.59. The van der Waals surface area contributed by atoms with Crippen LogP contribution in [0.1, 0.15) is 12.6 Å². The molecule has 4 rings (SSSR count). The summed E-state index contributed by atoms with van der Waals surface area (Å²) in [7, 11) is 2.05. The number of halogens is 1. The van der Waals surface area contributed by atoms with Crippen LogP contribution in [-0.4, -0.2) is 65.0 Å². The van der Waals surface area contributed by atoms with Gasteiger partial charge in [-0.2, -0.15) is 0 Å². The summed E-state index contributed by atoms with van der Waals surface area (Å²) in [6.45, 7) is 5.45. The average Bonchev–Trinajstić information content (AvgIpc) is 2.69. The zero-order valence-corrected chi connectivity index (χ0v) is 15.6. The molecule has 3 heterocycles. The van der Waals surface area contributed by atoms with E-state index in [9.17, 15) is 4.39 Å². The summed E-state index contributed by atoms with van der Waals surface area (Å²) in [6.07, 6.45) is 5.36. The quantitative estimate of drug-likeness (QED) is 0.817. The molecule has 7 heteroatoms. The summed E-state index contributed by atoms with van der Waals surface area (Å²) in [5, 5.41) is 0. The minimum Gasteiger partial charge on any atom is -0.368 e. The van der Waals surface area contributed by atoms with Gasteiger partial charge in [-0.1, -0.05) is 6.07 Å². The predicted octanol–water partition coefficient (Wildman–Crippen LogP) is 2.47. The van der Waals surface area contributed by atoms with Crippen molar-refractivity contribution in [2.75, 3.05) is 38.1 Å². The summed E-state index contributed by atoms with van der Waals surface area (Å²) in [5.41, 5.74) is 2.65. The maximum atomic E-state index is 13.6. The van der Waals surface area contributed by atoms with Gasteiger partial charge < -0.3 is 14.7 Å². The summed E-state index contributed by atoms with van der Waals surface area (Å²) >= 11 is 0. The lowest BCUT2D eigenvalue weighted by molar-refractivity contribution is 0.264. The monoisotopic (exact) mass is 366 g/mol. The SMILES string of the molecule is C[C@@H]1CN(c2cccc(F)c2)CCN1C1=NC(c2ccncn2)=CCN1C. The third kappa shape index (κ3) is 3.63. The first kappa shape index (κ1) is 17.5. The minimum atomic E-state index is -0.196. The van der Waals surface area contributed by atoms with Gasteiger partial charge in [0, 0.05) is 51.2 Å². The summed E-state index contributed by atoms with van der Waals surface area (Å²) in [6, 6.07) is 8.95. The lowest BCUT2D eigenvalue weighted by atomic mass is 10.1. The lowest BCUT2D eigenvalue weighted by Gasteiger charge is -2.44. The van der Waals surface area contributed by atoms with E-state index >= 15 is 0 Å². The Bertz CT molecular complexity index is 866. The standard InChI is InChI=1S/C20H23FN6/c1-15-13-26(17-5-3-4-16(21)12-17)10-11-27(15)20-24-19(7-9-25(20)2)18-6-8-22-14-23-18/h3-8,12,14-15H,9-11,13H2,1-2H3/t15-/m1/s1. The van der Waals surface area contributed by atoms with Crippen molar-refractivity contribution in [1.82, 2.24) is 19.8 Å². The van der Waals surface area contributed by atoms with Crippen LogP contribution in [0.25, 0.3) is 5.70 Å². The number of nitrogens with zero attached hydrogens (tertiary/aromatic N) is 6. The van der Waals surface area contributed by atoms with E-state index < -0.39 is 0 Å². The summed E-state index contributed by atoms with van der Waals surface area (Å²) in [5.74, 6) is 0.760. The Morgan fingerprint density at radius 3 is 2.81 bits per heavy atom. The highest BCUT2D eigenvalue weighted by Gasteiger charge is 2.29. The van der Waals surface area contributed by atoms with Crippen LogP contribution in [-0.2, 0) is 0 Å². The van der Waals surface area contributed by atoms with Gasteiger partial charge in [0.2, 0.25) is 5.96 Å². The zero-order valence-electron chi connectivity index (χ0n) is 15.6. The number of anilines is 1. The smallest absolute Gasteiger partial charge is 0.202 e. The molecule has 0 bridgehead atoms. The molecule has 2 aliphatic heterocycles. The first-order valence-electron chi connectivity index (χ1n) is 9.15. The molecule has 0 saturated carbocycles. The highest BCUT2D eigenvalue weighted by atomic mass is 19.1. The molecule has 1 fully saturated rings. The van der Waals surface area contributed by atoms with Crippen LogP contribution < -0.4 is 4.90 Å². The number of guanidine groups is 1. The molecule has 0 spiro atoms. The predicted molar refractivity (Wildman–Crippen MR) is 105 cm³/mol. The first-order valence-corrected chi connectivity index (χ1v) is 9.15. The molecule has 0 aliphatic carbocycles. The van der Waals surface area contributed by atoms with Crippen LogP contribution in [0.2, 0.25) is 0 Å². The van der Waals surface area contributed by atoms with E-state index in [1.807, 2.05) is 12.1 Å². The molecule has 1 saturated heterocycles. The number of hydrogen-bond donors (Lipinski definition) is 0. The summed E-state index contributed by atoms with van der Waals surface area (Å²) < 4.78 is 13.6. The third-order valence-corrected chi connectivity index (χ3v) is 5.02. The molecule has 1 aromatic heterocycles. The molecule has 140 valence electrons. The van der Waals surface area contributed by atoms with Gasteiger partial charge in [0.1, 0.15) is 12.1 Å². The molecule has 27 heavy (non-hydrogen) atoms. The van der Waals surface area contributed by atoms with Crippen LogP contribution in [0.4, 0.5) is 10.1 Å². The molecule has 6 nitrogen and oxygen atoms in total. The molecule has 0 unspecified atom stereocenters. The number of hydrogen-bond acceptors (Lipinski definition) is 6. The molecule has 2 aliphatic rings. The number of piperazine rings is 1. The van der Waals surface area contributed by atoms with E-state index in [1.165, 1.54) is 6.07 Å². The van der Waals surface area contributed by atoms with Gasteiger partial charge in [-0.05, 0) is 37.3 Å². The molecule has 1 atom stereocenters. The van der Waals surface area contributed by atoms with Gasteiger partial charge in [0.25, 0.3) is 0 Å². The Morgan fingerprint density at radius 1 is 1.19 bits per heavy atom. The van der Waals surface area contributed by atoms with Crippen LogP contribution >= 0.6 is 0 Å². The normalized spacial score (nSPS) is 20.4. The van der Waals surface area contributed by atoms with Gasteiger partial charge in [-0.15, -0.1) is 0 Å². The number of likely N-dealkylation sites (N-methyl/N-ethyl adjacent to an activating group) is 1. The topological polar surface area (TPSA) is 47.9 Å². The Balaban J connectivity index is 1.53. The van der Waals surface area contributed by atoms with Crippen molar-refractivity contribution in [3.05, 3.63) is 60.4 Å². The first-order chi connectivity index (χ1) is 13.1. The second kappa shape index (κ2) is 7.34. The highest BCUT2D eigenvalue weighted by Crippen LogP contribution is 2.24. The van der Waals surface area contributed by atoms with E-state index in [0.29, 0.717) is 0 Å². The van der Waals surface area contributed by atoms with Gasteiger partial charge in [0.15, 0.2) is 0 Å². The largest absolute Gasteiger partial charge is 0.368 e. The zero-order chi connectivity index (χ0) is 18.8. The maximum Gasteiger partial charge on any atom is 0.202 e. The van der Waals surface area contributed by atoms with E-state index in [2.05, 4.69) is 44.7 Å². The molecular weight excluding hydrogens is 343 g/mol.